The zero-order valence-corrected chi connectivity index (χ0v) is 11.7. The van der Waals surface area contributed by atoms with Crippen LogP contribution in [0.1, 0.15) is 17.3 Å². The van der Waals surface area contributed by atoms with Gasteiger partial charge in [0.2, 0.25) is 0 Å². The molecule has 0 aliphatic carbocycles. The van der Waals surface area contributed by atoms with Crippen molar-refractivity contribution in [3.8, 4) is 0 Å². The molecule has 0 spiro atoms. The molecule has 0 saturated carbocycles. The fraction of sp³-hybridized carbons (Fsp3) is 0.273. The summed E-state index contributed by atoms with van der Waals surface area (Å²) < 4.78 is 6.12. The molecule has 0 amide bonds. The molecular formula is C11H13N5O3S. The van der Waals surface area contributed by atoms with E-state index < -0.39 is 5.97 Å². The van der Waals surface area contributed by atoms with Gasteiger partial charge in [0.1, 0.15) is 5.03 Å². The van der Waals surface area contributed by atoms with Crippen molar-refractivity contribution in [2.75, 3.05) is 12.8 Å². The van der Waals surface area contributed by atoms with Gasteiger partial charge in [-0.1, -0.05) is 0 Å². The summed E-state index contributed by atoms with van der Waals surface area (Å²) >= 11 is 1.09. The first-order chi connectivity index (χ1) is 9.56. The lowest BCUT2D eigenvalue weighted by Crippen LogP contribution is -2.16. The van der Waals surface area contributed by atoms with Gasteiger partial charge in [-0.05, 0) is 24.8 Å². The van der Waals surface area contributed by atoms with Crippen molar-refractivity contribution in [1.29, 1.82) is 0 Å². The van der Waals surface area contributed by atoms with Crippen LogP contribution in [0, 0.1) is 0 Å². The fourth-order valence-electron chi connectivity index (χ4n) is 1.55. The van der Waals surface area contributed by atoms with E-state index in [1.807, 2.05) is 6.92 Å². The Bertz CT molecular complexity index is 694. The minimum atomic E-state index is -0.548. The maximum absolute atomic E-state index is 11.7. The Morgan fingerprint density at radius 1 is 1.60 bits per heavy atom. The highest BCUT2D eigenvalue weighted by Gasteiger charge is 2.18. The maximum atomic E-state index is 11.7. The molecule has 0 fully saturated rings. The van der Waals surface area contributed by atoms with Crippen molar-refractivity contribution < 1.29 is 9.53 Å². The Labute approximate surface area is 118 Å². The van der Waals surface area contributed by atoms with Gasteiger partial charge in [-0.3, -0.25) is 4.57 Å². The van der Waals surface area contributed by atoms with Gasteiger partial charge in [-0.15, -0.1) is 5.10 Å². The molecule has 0 radical (unpaired) electrons. The minimum absolute atomic E-state index is 0.232. The molecule has 2 aromatic heterocycles. The third-order valence-electron chi connectivity index (χ3n) is 2.51. The molecule has 0 atom stereocenters. The van der Waals surface area contributed by atoms with Gasteiger partial charge in [-0.25, -0.2) is 19.7 Å². The quantitative estimate of drug-likeness (QED) is 0.789. The number of nitrogen functional groups attached to an aromatic ring is 1. The van der Waals surface area contributed by atoms with Crippen LogP contribution in [-0.4, -0.2) is 32.8 Å². The number of anilines is 1. The van der Waals surface area contributed by atoms with Crippen molar-refractivity contribution >= 4 is 23.4 Å². The van der Waals surface area contributed by atoms with E-state index >= 15 is 0 Å². The number of esters is 1. The highest BCUT2D eigenvalue weighted by molar-refractivity contribution is 7.99. The van der Waals surface area contributed by atoms with Crippen molar-refractivity contribution in [3.63, 3.8) is 0 Å². The van der Waals surface area contributed by atoms with Crippen molar-refractivity contribution in [2.24, 2.45) is 0 Å². The number of carbonyl (C=O) groups is 1. The lowest BCUT2D eigenvalue weighted by atomic mass is 10.3. The van der Waals surface area contributed by atoms with Crippen molar-refractivity contribution in [1.82, 2.24) is 19.7 Å². The van der Waals surface area contributed by atoms with Gasteiger partial charge < -0.3 is 10.5 Å². The molecule has 3 N–H and O–H groups in total. The molecule has 106 valence electrons. The van der Waals surface area contributed by atoms with E-state index in [1.165, 1.54) is 23.9 Å². The van der Waals surface area contributed by atoms with E-state index in [1.54, 1.807) is 0 Å². The van der Waals surface area contributed by atoms with Crippen LogP contribution in [0.4, 0.5) is 5.69 Å². The van der Waals surface area contributed by atoms with Crippen LogP contribution >= 0.6 is 11.8 Å². The Kier molecular flexibility index (Phi) is 4.08. The predicted octanol–water partition coefficient (Wildman–Crippen LogP) is 0.506. The summed E-state index contributed by atoms with van der Waals surface area (Å²) in [5, 5.41) is 7.04. The number of H-pyrrole nitrogens is 1. The monoisotopic (exact) mass is 295 g/mol. The molecule has 0 aliphatic heterocycles. The van der Waals surface area contributed by atoms with E-state index in [4.69, 9.17) is 5.73 Å². The van der Waals surface area contributed by atoms with E-state index in [0.717, 1.165) is 11.8 Å². The number of aromatic amines is 1. The molecule has 2 aromatic rings. The molecule has 0 saturated heterocycles. The SMILES string of the molecule is CCn1c(Sc2ncc(N)cc2C(=O)OC)n[nH]c1=O. The largest absolute Gasteiger partial charge is 0.465 e. The molecule has 0 aromatic carbocycles. The summed E-state index contributed by atoms with van der Waals surface area (Å²) in [6, 6.07) is 1.47. The van der Waals surface area contributed by atoms with Crippen LogP contribution in [0.3, 0.4) is 0 Å². The second-order valence-corrected chi connectivity index (χ2v) is 4.73. The summed E-state index contributed by atoms with van der Waals surface area (Å²) in [7, 11) is 1.27. The number of pyridine rings is 1. The zero-order valence-electron chi connectivity index (χ0n) is 10.9. The smallest absolute Gasteiger partial charge is 0.343 e. The molecule has 0 unspecified atom stereocenters. The first-order valence-electron chi connectivity index (χ1n) is 5.73. The molecule has 0 aliphatic rings. The third-order valence-corrected chi connectivity index (χ3v) is 3.52. The van der Waals surface area contributed by atoms with Gasteiger partial charge in [0.15, 0.2) is 5.16 Å². The summed E-state index contributed by atoms with van der Waals surface area (Å²) in [5.74, 6) is -0.548. The van der Waals surface area contributed by atoms with E-state index in [2.05, 4.69) is 19.9 Å². The number of nitrogens with one attached hydrogen (secondary N) is 1. The van der Waals surface area contributed by atoms with Gasteiger partial charge >= 0.3 is 11.7 Å². The lowest BCUT2D eigenvalue weighted by Gasteiger charge is -2.07. The van der Waals surface area contributed by atoms with Crippen LogP contribution < -0.4 is 11.4 Å². The van der Waals surface area contributed by atoms with Crippen LogP contribution in [0.5, 0.6) is 0 Å². The standard InChI is InChI=1S/C11H13N5O3S/c1-3-16-10(18)14-15-11(16)20-8-7(9(17)19-2)4-6(12)5-13-8/h4-5H,3,12H2,1-2H3,(H,14,18). The van der Waals surface area contributed by atoms with E-state index in [0.29, 0.717) is 22.4 Å². The second-order valence-electron chi connectivity index (χ2n) is 3.77. The molecule has 0 bridgehead atoms. The highest BCUT2D eigenvalue weighted by atomic mass is 32.2. The highest BCUT2D eigenvalue weighted by Crippen LogP contribution is 2.27. The first kappa shape index (κ1) is 14.1. The number of methoxy groups -OCH3 is 1. The molecular weight excluding hydrogens is 282 g/mol. The molecule has 8 nitrogen and oxygen atoms in total. The molecule has 20 heavy (non-hydrogen) atoms. The second kappa shape index (κ2) is 5.78. The maximum Gasteiger partial charge on any atom is 0.343 e. The number of hydrogen-bond donors (Lipinski definition) is 2. The Morgan fingerprint density at radius 2 is 2.35 bits per heavy atom. The summed E-state index contributed by atoms with van der Waals surface area (Å²) in [5.41, 5.74) is 5.89. The number of hydrogen-bond acceptors (Lipinski definition) is 7. The predicted molar refractivity (Wildman–Crippen MR) is 72.6 cm³/mol. The lowest BCUT2D eigenvalue weighted by molar-refractivity contribution is 0.0596. The molecule has 2 rings (SSSR count). The van der Waals surface area contributed by atoms with Crippen molar-refractivity contribution in [2.45, 2.75) is 23.7 Å². The van der Waals surface area contributed by atoms with E-state index in [-0.39, 0.29) is 11.3 Å². The van der Waals surface area contributed by atoms with Crippen LogP contribution in [0.25, 0.3) is 0 Å². The van der Waals surface area contributed by atoms with E-state index in [9.17, 15) is 9.59 Å². The Morgan fingerprint density at radius 3 is 3.00 bits per heavy atom. The van der Waals surface area contributed by atoms with Crippen molar-refractivity contribution in [3.05, 3.63) is 28.3 Å². The minimum Gasteiger partial charge on any atom is -0.465 e. The summed E-state index contributed by atoms with van der Waals surface area (Å²) in [6.45, 7) is 2.28. The first-order valence-corrected chi connectivity index (χ1v) is 6.55. The number of nitrogens with two attached hydrogens (primary N) is 1. The molecule has 9 heteroatoms. The summed E-state index contributed by atoms with van der Waals surface area (Å²) in [6.07, 6.45) is 1.43. The van der Waals surface area contributed by atoms with Crippen LogP contribution in [0.15, 0.2) is 27.2 Å². The fourth-order valence-corrected chi connectivity index (χ4v) is 2.50. The number of carbonyl (C=O) groups excluding carboxylic acids is 1. The Balaban J connectivity index is 2.43. The zero-order chi connectivity index (χ0) is 14.7. The average Bonchev–Trinajstić information content (AvgIpc) is 2.80. The molecule has 2 heterocycles. The normalized spacial score (nSPS) is 10.5. The Hall–Kier alpha value is -2.29. The topological polar surface area (TPSA) is 116 Å². The van der Waals surface area contributed by atoms with Gasteiger partial charge in [0.25, 0.3) is 0 Å². The number of ether oxygens (including phenoxy) is 1. The number of rotatable bonds is 4. The van der Waals surface area contributed by atoms with Crippen LogP contribution in [0.2, 0.25) is 0 Å². The average molecular weight is 295 g/mol. The summed E-state index contributed by atoms with van der Waals surface area (Å²) in [4.78, 5) is 27.3. The van der Waals surface area contributed by atoms with Gasteiger partial charge in [0, 0.05) is 6.54 Å². The third kappa shape index (κ3) is 2.67. The van der Waals surface area contributed by atoms with Gasteiger partial charge in [0.05, 0.1) is 24.6 Å². The number of aromatic nitrogens is 4. The van der Waals surface area contributed by atoms with Gasteiger partial charge in [-0.2, -0.15) is 0 Å². The van der Waals surface area contributed by atoms with Crippen LogP contribution in [-0.2, 0) is 11.3 Å². The number of nitrogens with zero attached hydrogens (tertiary/aromatic N) is 3.